The molecule has 0 spiro atoms. The molecule has 0 aromatic rings. The highest BCUT2D eigenvalue weighted by Gasteiger charge is 1.75. The van der Waals surface area contributed by atoms with E-state index in [4.69, 9.17) is 4.74 Å². The Kier molecular flexibility index (Phi) is 7.93. The Bertz CT molecular complexity index is 73.7. The number of rotatable bonds is 0. The third-order valence-electron chi connectivity index (χ3n) is 0.614. The molecular formula is C5H10O3. The van der Waals surface area contributed by atoms with Gasteiger partial charge >= 0.3 is 0 Å². The Morgan fingerprint density at radius 2 is 1.88 bits per heavy atom. The highest BCUT2D eigenvalue weighted by molar-refractivity contribution is 5.02. The molecule has 0 fully saturated rings. The van der Waals surface area contributed by atoms with Gasteiger partial charge in [-0.05, 0) is 12.2 Å². The monoisotopic (exact) mass is 118 g/mol. The third kappa shape index (κ3) is 3.39. The highest BCUT2D eigenvalue weighted by atomic mass is 16.5. The molecule has 0 radical (unpaired) electrons. The maximum Gasteiger partial charge on any atom is 0.106 e. The molecule has 8 heavy (non-hydrogen) atoms. The van der Waals surface area contributed by atoms with Crippen LogP contribution in [0.4, 0.5) is 0 Å². The van der Waals surface area contributed by atoms with Gasteiger partial charge in [0.15, 0.2) is 0 Å². The van der Waals surface area contributed by atoms with E-state index in [1.165, 1.54) is 0 Å². The topological polar surface area (TPSA) is 72.2 Å². The first-order chi connectivity index (χ1) is 3.00. The molecule has 0 saturated heterocycles. The van der Waals surface area contributed by atoms with Crippen LogP contribution in [0.15, 0.2) is 24.5 Å². The summed E-state index contributed by atoms with van der Waals surface area (Å²) in [6.45, 7) is 0.733. The van der Waals surface area contributed by atoms with Crippen LogP contribution in [0.1, 0.15) is 0 Å². The molecule has 48 valence electrons. The zero-order valence-corrected chi connectivity index (χ0v) is 4.42. The number of hydrogen-bond acceptors (Lipinski definition) is 1. The lowest BCUT2D eigenvalue weighted by molar-refractivity contribution is 0.286. The Morgan fingerprint density at radius 1 is 1.12 bits per heavy atom. The summed E-state index contributed by atoms with van der Waals surface area (Å²) in [5, 5.41) is 0. The summed E-state index contributed by atoms with van der Waals surface area (Å²) < 4.78 is 4.80. The van der Waals surface area contributed by atoms with Crippen molar-refractivity contribution in [1.82, 2.24) is 0 Å². The van der Waals surface area contributed by atoms with Crippen LogP contribution in [0, 0.1) is 0 Å². The van der Waals surface area contributed by atoms with Gasteiger partial charge in [0.25, 0.3) is 0 Å². The van der Waals surface area contributed by atoms with Crippen LogP contribution >= 0.6 is 0 Å². The van der Waals surface area contributed by atoms with Crippen LogP contribution in [-0.2, 0) is 4.74 Å². The van der Waals surface area contributed by atoms with Gasteiger partial charge in [0.2, 0.25) is 0 Å². The second kappa shape index (κ2) is 6.20. The number of allylic oxidation sites excluding steroid dienone is 2. The molecule has 0 aromatic heterocycles. The van der Waals surface area contributed by atoms with E-state index in [0.29, 0.717) is 0 Å². The smallest absolute Gasteiger partial charge is 0.106 e. The molecule has 4 N–H and O–H groups in total. The first kappa shape index (κ1) is 10.2. The van der Waals surface area contributed by atoms with E-state index in [9.17, 15) is 0 Å². The first-order valence-electron chi connectivity index (χ1n) is 1.93. The van der Waals surface area contributed by atoms with Gasteiger partial charge in [0.05, 0.1) is 6.26 Å². The van der Waals surface area contributed by atoms with Gasteiger partial charge in [-0.1, -0.05) is 6.08 Å². The zero-order chi connectivity index (χ0) is 4.24. The summed E-state index contributed by atoms with van der Waals surface area (Å²) in [6.07, 6.45) is 7.47. The van der Waals surface area contributed by atoms with Crippen molar-refractivity contribution in [1.29, 1.82) is 0 Å². The quantitative estimate of drug-likeness (QED) is 0.420. The van der Waals surface area contributed by atoms with Crippen LogP contribution in [0.2, 0.25) is 0 Å². The van der Waals surface area contributed by atoms with Crippen LogP contribution in [-0.4, -0.2) is 17.6 Å². The minimum Gasteiger partial charge on any atom is -0.497 e. The van der Waals surface area contributed by atoms with Crippen LogP contribution in [0.5, 0.6) is 0 Å². The van der Waals surface area contributed by atoms with E-state index >= 15 is 0 Å². The van der Waals surface area contributed by atoms with Crippen molar-refractivity contribution in [2.24, 2.45) is 0 Å². The molecule has 3 nitrogen and oxygen atoms in total. The van der Waals surface area contributed by atoms with Crippen LogP contribution < -0.4 is 0 Å². The largest absolute Gasteiger partial charge is 0.497 e. The van der Waals surface area contributed by atoms with Crippen molar-refractivity contribution < 1.29 is 15.7 Å². The number of hydrogen-bond donors (Lipinski definition) is 0. The number of ether oxygens (including phenoxy) is 1. The lowest BCUT2D eigenvalue weighted by Crippen LogP contribution is -1.82. The van der Waals surface area contributed by atoms with Gasteiger partial charge in [0, 0.05) is 0 Å². The van der Waals surface area contributed by atoms with Gasteiger partial charge in [-0.2, -0.15) is 0 Å². The minimum absolute atomic E-state index is 0. The molecule has 1 aliphatic rings. The fourth-order valence-electron chi connectivity index (χ4n) is 0.346. The highest BCUT2D eigenvalue weighted by Crippen LogP contribution is 1.87. The molecule has 0 saturated carbocycles. The van der Waals surface area contributed by atoms with Crippen molar-refractivity contribution in [3.05, 3.63) is 24.5 Å². The Hall–Kier alpha value is -0.800. The molecule has 0 atom stereocenters. The molecule has 0 unspecified atom stereocenters. The minimum atomic E-state index is 0. The van der Waals surface area contributed by atoms with Crippen LogP contribution in [0.25, 0.3) is 0 Å². The summed E-state index contributed by atoms with van der Waals surface area (Å²) in [5.41, 5.74) is 0. The predicted octanol–water partition coefficient (Wildman–Crippen LogP) is -0.563. The van der Waals surface area contributed by atoms with Crippen molar-refractivity contribution in [2.45, 2.75) is 0 Å². The summed E-state index contributed by atoms with van der Waals surface area (Å²) in [6, 6.07) is 0. The molecular weight excluding hydrogens is 108 g/mol. The molecule has 0 amide bonds. The average molecular weight is 118 g/mol. The van der Waals surface area contributed by atoms with E-state index in [-0.39, 0.29) is 11.0 Å². The molecule has 3 heteroatoms. The second-order valence-corrected chi connectivity index (χ2v) is 1.09. The Labute approximate surface area is 47.9 Å². The SMILES string of the molecule is C1=CCOC=C1.O.O. The second-order valence-electron chi connectivity index (χ2n) is 1.09. The molecule has 0 aromatic carbocycles. The van der Waals surface area contributed by atoms with Gasteiger partial charge in [-0.25, -0.2) is 0 Å². The maximum atomic E-state index is 4.80. The zero-order valence-electron chi connectivity index (χ0n) is 4.42. The maximum absolute atomic E-state index is 4.80. The molecule has 0 aliphatic carbocycles. The standard InChI is InChI=1S/C5H6O.2H2O/c1-2-4-6-5-3-1;;/h1-4H,5H2;2*1H2. The summed E-state index contributed by atoms with van der Waals surface area (Å²) in [7, 11) is 0. The molecule has 1 rings (SSSR count). The van der Waals surface area contributed by atoms with Crippen molar-refractivity contribution in [2.75, 3.05) is 6.61 Å². The predicted molar refractivity (Wildman–Crippen MR) is 31.5 cm³/mol. The van der Waals surface area contributed by atoms with Crippen molar-refractivity contribution in [3.8, 4) is 0 Å². The average Bonchev–Trinajstić information content (AvgIpc) is 1.72. The van der Waals surface area contributed by atoms with E-state index in [2.05, 4.69) is 0 Å². The summed E-state index contributed by atoms with van der Waals surface area (Å²) in [5.74, 6) is 0. The third-order valence-corrected chi connectivity index (χ3v) is 0.614. The first-order valence-corrected chi connectivity index (χ1v) is 1.93. The Morgan fingerprint density at radius 3 is 2.00 bits per heavy atom. The van der Waals surface area contributed by atoms with Crippen molar-refractivity contribution >= 4 is 0 Å². The lowest BCUT2D eigenvalue weighted by Gasteiger charge is -1.94. The van der Waals surface area contributed by atoms with Gasteiger partial charge in [-0.15, -0.1) is 0 Å². The van der Waals surface area contributed by atoms with E-state index in [1.54, 1.807) is 6.26 Å². The van der Waals surface area contributed by atoms with E-state index < -0.39 is 0 Å². The molecule has 1 aliphatic heterocycles. The molecule has 0 bridgehead atoms. The Balaban J connectivity index is 0. The van der Waals surface area contributed by atoms with Crippen molar-refractivity contribution in [3.63, 3.8) is 0 Å². The summed E-state index contributed by atoms with van der Waals surface area (Å²) >= 11 is 0. The normalized spacial score (nSPS) is 13.0. The van der Waals surface area contributed by atoms with Crippen LogP contribution in [0.3, 0.4) is 0 Å². The van der Waals surface area contributed by atoms with Gasteiger partial charge in [-0.3, -0.25) is 0 Å². The lowest BCUT2D eigenvalue weighted by atomic mass is 10.5. The van der Waals surface area contributed by atoms with E-state index in [1.807, 2.05) is 18.2 Å². The fourth-order valence-corrected chi connectivity index (χ4v) is 0.346. The van der Waals surface area contributed by atoms with E-state index in [0.717, 1.165) is 6.61 Å². The van der Waals surface area contributed by atoms with Gasteiger partial charge < -0.3 is 15.7 Å². The molecule has 1 heterocycles. The fraction of sp³-hybridized carbons (Fsp3) is 0.200. The van der Waals surface area contributed by atoms with Gasteiger partial charge in [0.1, 0.15) is 6.61 Å². The summed E-state index contributed by atoms with van der Waals surface area (Å²) in [4.78, 5) is 0.